The SMILES string of the molecule is COc1ccc(NC(=O)CN2C(=O)N(Cc3ccncc3)C(=O)C3NCCCC32)c(OC)c1. The van der Waals surface area contributed by atoms with Gasteiger partial charge in [-0.15, -0.1) is 0 Å². The molecule has 33 heavy (non-hydrogen) atoms. The number of hydrogen-bond donors (Lipinski definition) is 2. The van der Waals surface area contributed by atoms with Gasteiger partial charge >= 0.3 is 6.03 Å². The summed E-state index contributed by atoms with van der Waals surface area (Å²) in [6, 6.07) is 7.18. The maximum atomic E-state index is 13.4. The molecule has 2 atom stereocenters. The van der Waals surface area contributed by atoms with Crippen molar-refractivity contribution in [2.45, 2.75) is 31.5 Å². The van der Waals surface area contributed by atoms with E-state index in [0.717, 1.165) is 12.0 Å². The number of pyridine rings is 1. The van der Waals surface area contributed by atoms with E-state index in [-0.39, 0.29) is 30.9 Å². The largest absolute Gasteiger partial charge is 0.497 e. The van der Waals surface area contributed by atoms with E-state index >= 15 is 0 Å². The highest BCUT2D eigenvalue weighted by Crippen LogP contribution is 2.30. The van der Waals surface area contributed by atoms with Crippen molar-refractivity contribution in [3.63, 3.8) is 0 Å². The lowest BCUT2D eigenvalue weighted by atomic mass is 9.93. The number of rotatable bonds is 7. The second-order valence-electron chi connectivity index (χ2n) is 7.95. The van der Waals surface area contributed by atoms with E-state index < -0.39 is 12.1 Å². The topological polar surface area (TPSA) is 113 Å². The lowest BCUT2D eigenvalue weighted by molar-refractivity contribution is -0.138. The molecule has 1 aromatic carbocycles. The van der Waals surface area contributed by atoms with E-state index in [2.05, 4.69) is 15.6 Å². The quantitative estimate of drug-likeness (QED) is 0.655. The number of fused-ring (bicyclic) bond motifs is 1. The van der Waals surface area contributed by atoms with Crippen molar-refractivity contribution in [1.82, 2.24) is 20.1 Å². The summed E-state index contributed by atoms with van der Waals surface area (Å²) in [6.45, 7) is 0.625. The van der Waals surface area contributed by atoms with Gasteiger partial charge in [0.05, 0.1) is 32.5 Å². The Hall–Kier alpha value is -3.66. The Balaban J connectivity index is 1.54. The Morgan fingerprint density at radius 2 is 1.97 bits per heavy atom. The Morgan fingerprint density at radius 3 is 2.70 bits per heavy atom. The Kier molecular flexibility index (Phi) is 6.74. The molecule has 10 heteroatoms. The van der Waals surface area contributed by atoms with Crippen LogP contribution in [0.4, 0.5) is 10.5 Å². The van der Waals surface area contributed by atoms with Crippen molar-refractivity contribution in [2.24, 2.45) is 0 Å². The molecule has 4 amide bonds. The minimum atomic E-state index is -0.540. The number of benzene rings is 1. The normalized spacial score (nSPS) is 20.3. The third-order valence-corrected chi connectivity index (χ3v) is 5.92. The second kappa shape index (κ2) is 9.86. The molecule has 2 N–H and O–H groups in total. The van der Waals surface area contributed by atoms with Crippen molar-refractivity contribution >= 4 is 23.5 Å². The highest BCUT2D eigenvalue weighted by molar-refractivity contribution is 6.03. The summed E-state index contributed by atoms with van der Waals surface area (Å²) in [5.41, 5.74) is 1.25. The van der Waals surface area contributed by atoms with E-state index in [9.17, 15) is 14.4 Å². The third-order valence-electron chi connectivity index (χ3n) is 5.92. The van der Waals surface area contributed by atoms with Gasteiger partial charge in [-0.2, -0.15) is 0 Å². The molecule has 2 unspecified atom stereocenters. The van der Waals surface area contributed by atoms with Gasteiger partial charge in [0.15, 0.2) is 0 Å². The number of nitrogens with one attached hydrogen (secondary N) is 2. The predicted octanol–water partition coefficient (Wildman–Crippen LogP) is 1.62. The molecule has 4 rings (SSSR count). The van der Waals surface area contributed by atoms with E-state index in [1.165, 1.54) is 16.9 Å². The van der Waals surface area contributed by atoms with Crippen LogP contribution >= 0.6 is 0 Å². The zero-order valence-electron chi connectivity index (χ0n) is 18.6. The summed E-state index contributed by atoms with van der Waals surface area (Å²) >= 11 is 0. The highest BCUT2D eigenvalue weighted by Gasteiger charge is 2.47. The Labute approximate surface area is 191 Å². The van der Waals surface area contributed by atoms with Crippen molar-refractivity contribution in [2.75, 3.05) is 32.6 Å². The molecule has 2 aliphatic rings. The molecule has 2 saturated heterocycles. The number of hydrogen-bond acceptors (Lipinski definition) is 7. The second-order valence-corrected chi connectivity index (χ2v) is 7.95. The monoisotopic (exact) mass is 453 g/mol. The molecule has 10 nitrogen and oxygen atoms in total. The Morgan fingerprint density at radius 1 is 1.18 bits per heavy atom. The number of anilines is 1. The van der Waals surface area contributed by atoms with E-state index in [1.54, 1.807) is 49.8 Å². The van der Waals surface area contributed by atoms with Crippen LogP contribution < -0.4 is 20.1 Å². The van der Waals surface area contributed by atoms with Crippen LogP contribution in [0.3, 0.4) is 0 Å². The number of aromatic nitrogens is 1. The Bertz CT molecular complexity index is 1030. The van der Waals surface area contributed by atoms with Crippen molar-refractivity contribution in [1.29, 1.82) is 0 Å². The summed E-state index contributed by atoms with van der Waals surface area (Å²) in [5, 5.41) is 6.03. The average Bonchev–Trinajstić information content (AvgIpc) is 2.85. The first-order valence-corrected chi connectivity index (χ1v) is 10.8. The van der Waals surface area contributed by atoms with Gasteiger partial charge in [0.2, 0.25) is 11.8 Å². The molecule has 174 valence electrons. The van der Waals surface area contributed by atoms with Crippen LogP contribution in [0.25, 0.3) is 0 Å². The van der Waals surface area contributed by atoms with E-state index in [4.69, 9.17) is 9.47 Å². The van der Waals surface area contributed by atoms with Gasteiger partial charge in [-0.05, 0) is 49.2 Å². The molecule has 3 heterocycles. The number of nitrogens with zero attached hydrogens (tertiary/aromatic N) is 3. The standard InChI is InChI=1S/C23H27N5O5/c1-32-16-5-6-17(19(12-16)33-2)26-20(29)14-27-18-4-3-9-25-21(18)22(30)28(23(27)31)13-15-7-10-24-11-8-15/h5-8,10-12,18,21,25H,3-4,9,13-14H2,1-2H3,(H,26,29). The fourth-order valence-electron chi connectivity index (χ4n) is 4.27. The third kappa shape index (κ3) is 4.75. The zero-order chi connectivity index (χ0) is 23.4. The molecule has 0 aliphatic carbocycles. The zero-order valence-corrected chi connectivity index (χ0v) is 18.6. The maximum absolute atomic E-state index is 13.4. The van der Waals surface area contributed by atoms with Gasteiger partial charge in [0, 0.05) is 18.5 Å². The van der Waals surface area contributed by atoms with Crippen LogP contribution in [-0.2, 0) is 16.1 Å². The van der Waals surface area contributed by atoms with Gasteiger partial charge in [-0.3, -0.25) is 19.5 Å². The summed E-state index contributed by atoms with van der Waals surface area (Å²) < 4.78 is 10.5. The van der Waals surface area contributed by atoms with E-state index in [1.807, 2.05) is 0 Å². The minimum Gasteiger partial charge on any atom is -0.497 e. The molecule has 2 fully saturated rings. The maximum Gasteiger partial charge on any atom is 0.327 e. The lowest BCUT2D eigenvalue weighted by Crippen LogP contribution is -2.70. The van der Waals surface area contributed by atoms with Gasteiger partial charge in [0.1, 0.15) is 24.1 Å². The molecule has 0 radical (unpaired) electrons. The van der Waals surface area contributed by atoms with Crippen LogP contribution in [-0.4, -0.2) is 72.0 Å². The average molecular weight is 453 g/mol. The summed E-state index contributed by atoms with van der Waals surface area (Å²) in [4.78, 5) is 46.1. The molecule has 0 saturated carbocycles. The molecule has 0 spiro atoms. The number of urea groups is 1. The number of carbonyl (C=O) groups excluding carboxylic acids is 3. The molecular weight excluding hydrogens is 426 g/mol. The predicted molar refractivity (Wildman–Crippen MR) is 120 cm³/mol. The summed E-state index contributed by atoms with van der Waals surface area (Å²) in [6.07, 6.45) is 4.70. The molecule has 0 bridgehead atoms. The molecular formula is C23H27N5O5. The van der Waals surface area contributed by atoms with Crippen LogP contribution in [0.2, 0.25) is 0 Å². The number of imide groups is 1. The van der Waals surface area contributed by atoms with Crippen LogP contribution in [0.15, 0.2) is 42.7 Å². The van der Waals surface area contributed by atoms with Crippen LogP contribution in [0.1, 0.15) is 18.4 Å². The first-order chi connectivity index (χ1) is 16.0. The van der Waals surface area contributed by atoms with Gasteiger partial charge in [-0.25, -0.2) is 4.79 Å². The van der Waals surface area contributed by atoms with Gasteiger partial charge in [-0.1, -0.05) is 0 Å². The molecule has 2 aliphatic heterocycles. The number of piperidine rings is 1. The fraction of sp³-hybridized carbons (Fsp3) is 0.391. The summed E-state index contributed by atoms with van der Waals surface area (Å²) in [5.74, 6) is 0.390. The number of ether oxygens (including phenoxy) is 2. The van der Waals surface area contributed by atoms with Crippen molar-refractivity contribution in [3.8, 4) is 11.5 Å². The molecule has 2 aromatic rings. The summed E-state index contributed by atoms with van der Waals surface area (Å²) in [7, 11) is 3.04. The van der Waals surface area contributed by atoms with Crippen molar-refractivity contribution < 1.29 is 23.9 Å². The highest BCUT2D eigenvalue weighted by atomic mass is 16.5. The smallest absolute Gasteiger partial charge is 0.327 e. The van der Waals surface area contributed by atoms with Crippen LogP contribution in [0, 0.1) is 0 Å². The number of carbonyl (C=O) groups is 3. The van der Waals surface area contributed by atoms with Gasteiger partial charge < -0.3 is 25.0 Å². The van der Waals surface area contributed by atoms with E-state index in [0.29, 0.717) is 30.2 Å². The number of methoxy groups -OCH3 is 2. The minimum absolute atomic E-state index is 0.121. The van der Waals surface area contributed by atoms with Crippen LogP contribution in [0.5, 0.6) is 11.5 Å². The first-order valence-electron chi connectivity index (χ1n) is 10.8. The van der Waals surface area contributed by atoms with Crippen molar-refractivity contribution in [3.05, 3.63) is 48.3 Å². The lowest BCUT2D eigenvalue weighted by Gasteiger charge is -2.46. The first kappa shape index (κ1) is 22.5. The fourth-order valence-corrected chi connectivity index (χ4v) is 4.27. The van der Waals surface area contributed by atoms with Gasteiger partial charge in [0.25, 0.3) is 0 Å². The molecule has 1 aromatic heterocycles. The number of amides is 4.